The normalized spacial score (nSPS) is 14.7. The molecule has 0 bridgehead atoms. The van der Waals surface area contributed by atoms with Crippen LogP contribution in [0.5, 0.6) is 0 Å². The highest BCUT2D eigenvalue weighted by Crippen LogP contribution is 2.49. The lowest BCUT2D eigenvalue weighted by Gasteiger charge is -2.22. The summed E-state index contributed by atoms with van der Waals surface area (Å²) in [7, 11) is 3.11. The number of aromatic nitrogens is 3. The summed E-state index contributed by atoms with van der Waals surface area (Å²) in [6, 6.07) is 9.73. The van der Waals surface area contributed by atoms with E-state index in [1.54, 1.807) is 7.05 Å². The lowest BCUT2D eigenvalue weighted by molar-refractivity contribution is 0.225. The van der Waals surface area contributed by atoms with Crippen molar-refractivity contribution in [2.45, 2.75) is 33.8 Å². The zero-order valence-electron chi connectivity index (χ0n) is 19.1. The Hall–Kier alpha value is -3.51. The molecule has 32 heavy (non-hydrogen) atoms. The van der Waals surface area contributed by atoms with E-state index in [9.17, 15) is 14.7 Å². The van der Waals surface area contributed by atoms with Gasteiger partial charge in [-0.2, -0.15) is 0 Å². The molecule has 2 aromatic heterocycles. The van der Waals surface area contributed by atoms with Crippen LogP contribution < -0.4 is 11.2 Å². The van der Waals surface area contributed by atoms with Crippen molar-refractivity contribution < 1.29 is 5.11 Å². The highest BCUT2D eigenvalue weighted by Gasteiger charge is 2.35. The molecule has 6 heteroatoms. The summed E-state index contributed by atoms with van der Waals surface area (Å²) in [5.41, 5.74) is 8.22. The van der Waals surface area contributed by atoms with Crippen molar-refractivity contribution in [3.05, 3.63) is 84.6 Å². The molecule has 1 atom stereocenters. The van der Waals surface area contributed by atoms with Crippen molar-refractivity contribution in [1.82, 2.24) is 14.1 Å². The molecule has 0 amide bonds. The molecule has 4 aromatic rings. The first kappa shape index (κ1) is 20.4. The molecule has 1 aliphatic rings. The Balaban J connectivity index is 2.13. The van der Waals surface area contributed by atoms with E-state index >= 15 is 0 Å². The van der Waals surface area contributed by atoms with E-state index in [0.29, 0.717) is 27.9 Å². The van der Waals surface area contributed by atoms with E-state index in [1.165, 1.54) is 11.6 Å². The molecule has 0 fully saturated rings. The number of benzene rings is 2. The van der Waals surface area contributed by atoms with Crippen LogP contribution in [0, 0.1) is 27.7 Å². The van der Waals surface area contributed by atoms with Crippen LogP contribution in [0.3, 0.4) is 0 Å². The van der Waals surface area contributed by atoms with Crippen molar-refractivity contribution in [2.75, 3.05) is 0 Å². The summed E-state index contributed by atoms with van der Waals surface area (Å²) in [6.45, 7) is 8.18. The molecule has 6 nitrogen and oxygen atoms in total. The van der Waals surface area contributed by atoms with E-state index in [4.69, 9.17) is 4.98 Å². The van der Waals surface area contributed by atoms with E-state index in [1.807, 2.05) is 52.0 Å². The minimum Gasteiger partial charge on any atom is -0.384 e. The number of aliphatic hydroxyl groups is 1. The van der Waals surface area contributed by atoms with Crippen LogP contribution in [-0.2, 0) is 14.1 Å². The van der Waals surface area contributed by atoms with Crippen molar-refractivity contribution in [1.29, 1.82) is 0 Å². The van der Waals surface area contributed by atoms with Crippen LogP contribution in [0.1, 0.15) is 39.5 Å². The van der Waals surface area contributed by atoms with Gasteiger partial charge in [-0.3, -0.25) is 13.9 Å². The molecule has 0 unspecified atom stereocenters. The van der Waals surface area contributed by atoms with E-state index in [2.05, 4.69) is 6.07 Å². The maximum atomic E-state index is 13.5. The SMILES string of the molecule is Cc1cc(C)c(C)c(-c2c3c(nc4c2c(=O)n(C)c(=O)n4C)-c2ccccc2[C@H]3O)c1C. The minimum absolute atomic E-state index is 0.328. The first-order valence-electron chi connectivity index (χ1n) is 10.6. The van der Waals surface area contributed by atoms with Crippen molar-refractivity contribution in [3.63, 3.8) is 0 Å². The Labute approximate surface area is 185 Å². The van der Waals surface area contributed by atoms with Gasteiger partial charge in [0.05, 0.1) is 11.1 Å². The Bertz CT molecular complexity index is 1570. The summed E-state index contributed by atoms with van der Waals surface area (Å²) in [4.78, 5) is 31.0. The van der Waals surface area contributed by atoms with Gasteiger partial charge in [0.1, 0.15) is 6.10 Å². The van der Waals surface area contributed by atoms with Gasteiger partial charge >= 0.3 is 5.69 Å². The van der Waals surface area contributed by atoms with Crippen molar-refractivity contribution in [2.24, 2.45) is 14.1 Å². The summed E-state index contributed by atoms with van der Waals surface area (Å²) < 4.78 is 2.53. The fourth-order valence-corrected chi connectivity index (χ4v) is 5.03. The largest absolute Gasteiger partial charge is 0.384 e. The first-order chi connectivity index (χ1) is 15.1. The lowest BCUT2D eigenvalue weighted by atomic mass is 9.85. The molecule has 1 aliphatic carbocycles. The fraction of sp³-hybridized carbons (Fsp3) is 0.269. The summed E-state index contributed by atoms with van der Waals surface area (Å²) in [6.07, 6.45) is -0.908. The average molecular weight is 428 g/mol. The van der Waals surface area contributed by atoms with Gasteiger partial charge in [0.15, 0.2) is 5.65 Å². The number of rotatable bonds is 1. The summed E-state index contributed by atoms with van der Waals surface area (Å²) >= 11 is 0. The van der Waals surface area contributed by atoms with Crippen LogP contribution >= 0.6 is 0 Å². The molecule has 1 N–H and O–H groups in total. The highest BCUT2D eigenvalue weighted by atomic mass is 16.3. The number of hydrogen-bond acceptors (Lipinski definition) is 4. The molecule has 162 valence electrons. The number of nitrogens with zero attached hydrogens (tertiary/aromatic N) is 3. The van der Waals surface area contributed by atoms with Crippen LogP contribution in [0.4, 0.5) is 0 Å². The quantitative estimate of drug-likeness (QED) is 0.504. The van der Waals surface area contributed by atoms with Crippen LogP contribution in [0.15, 0.2) is 39.9 Å². The van der Waals surface area contributed by atoms with Gasteiger partial charge in [-0.1, -0.05) is 30.3 Å². The Morgan fingerprint density at radius 2 is 1.53 bits per heavy atom. The number of hydrogen-bond donors (Lipinski definition) is 1. The molecule has 0 saturated heterocycles. The van der Waals surface area contributed by atoms with Gasteiger partial charge < -0.3 is 5.11 Å². The topological polar surface area (TPSA) is 77.1 Å². The van der Waals surface area contributed by atoms with E-state index in [0.717, 1.165) is 43.5 Å². The van der Waals surface area contributed by atoms with E-state index < -0.39 is 17.4 Å². The minimum atomic E-state index is -0.908. The summed E-state index contributed by atoms with van der Waals surface area (Å²) in [5.74, 6) is 0. The Morgan fingerprint density at radius 1 is 0.906 bits per heavy atom. The molecule has 2 aromatic carbocycles. The third kappa shape index (κ3) is 2.47. The molecular weight excluding hydrogens is 402 g/mol. The highest BCUT2D eigenvalue weighted by molar-refractivity contribution is 6.01. The summed E-state index contributed by atoms with van der Waals surface area (Å²) in [5, 5.41) is 11.8. The van der Waals surface area contributed by atoms with Gasteiger partial charge in [-0.15, -0.1) is 0 Å². The number of fused-ring (bicyclic) bond motifs is 4. The maximum absolute atomic E-state index is 13.5. The molecule has 0 aliphatic heterocycles. The van der Waals surface area contributed by atoms with Gasteiger partial charge in [0.25, 0.3) is 5.56 Å². The maximum Gasteiger partial charge on any atom is 0.332 e. The zero-order valence-corrected chi connectivity index (χ0v) is 19.1. The number of pyridine rings is 1. The standard InChI is InChI=1S/C26H25N3O3/c1-12-11-13(2)15(4)18(14(12)3)19-20-22(16-9-7-8-10-17(16)23(20)30)27-24-21(19)25(31)29(6)26(32)28(24)5/h7-11,23,30H,1-6H3/t23-/m1/s1. The van der Waals surface area contributed by atoms with Gasteiger partial charge in [0.2, 0.25) is 0 Å². The van der Waals surface area contributed by atoms with Crippen LogP contribution in [0.25, 0.3) is 33.4 Å². The lowest BCUT2D eigenvalue weighted by Crippen LogP contribution is -2.37. The third-order valence-corrected chi connectivity index (χ3v) is 7.03. The second kappa shape index (κ2) is 6.74. The number of aryl methyl sites for hydroxylation is 3. The van der Waals surface area contributed by atoms with Crippen LogP contribution in [0.2, 0.25) is 0 Å². The Morgan fingerprint density at radius 3 is 2.19 bits per heavy atom. The van der Waals surface area contributed by atoms with Crippen molar-refractivity contribution >= 4 is 11.0 Å². The third-order valence-electron chi connectivity index (χ3n) is 7.03. The fourth-order valence-electron chi connectivity index (χ4n) is 5.03. The monoisotopic (exact) mass is 427 g/mol. The second-order valence-corrected chi connectivity index (χ2v) is 8.78. The Kier molecular flexibility index (Phi) is 4.30. The molecule has 5 rings (SSSR count). The van der Waals surface area contributed by atoms with Crippen molar-refractivity contribution in [3.8, 4) is 22.4 Å². The van der Waals surface area contributed by atoms with Gasteiger partial charge in [-0.05, 0) is 61.1 Å². The zero-order chi connectivity index (χ0) is 23.1. The molecule has 0 radical (unpaired) electrons. The van der Waals surface area contributed by atoms with Gasteiger partial charge in [-0.25, -0.2) is 9.78 Å². The average Bonchev–Trinajstić information content (AvgIpc) is 3.06. The molecule has 0 spiro atoms. The number of aliphatic hydroxyl groups excluding tert-OH is 1. The smallest absolute Gasteiger partial charge is 0.332 e. The molecule has 2 heterocycles. The van der Waals surface area contributed by atoms with Crippen LogP contribution in [-0.4, -0.2) is 19.2 Å². The predicted molar refractivity (Wildman–Crippen MR) is 126 cm³/mol. The first-order valence-corrected chi connectivity index (χ1v) is 10.6. The van der Waals surface area contributed by atoms with E-state index in [-0.39, 0.29) is 0 Å². The van der Waals surface area contributed by atoms with Gasteiger partial charge in [0, 0.05) is 30.8 Å². The molecular formula is C26H25N3O3. The predicted octanol–water partition coefficient (Wildman–Crippen LogP) is 3.59. The molecule has 0 saturated carbocycles. The second-order valence-electron chi connectivity index (χ2n) is 8.78.